The Balaban J connectivity index is 2.04. The van der Waals surface area contributed by atoms with Gasteiger partial charge >= 0.3 is 5.97 Å². The van der Waals surface area contributed by atoms with E-state index in [0.29, 0.717) is 30.7 Å². The summed E-state index contributed by atoms with van der Waals surface area (Å²) in [7, 11) is -3.86. The number of phenolic OH excluding ortho intramolecular Hbond substituents is 1. The number of hydrogen-bond donors (Lipinski definition) is 3. The molecule has 1 heterocycles. The number of aliphatic carboxylic acids is 1. The zero-order valence-corrected chi connectivity index (χ0v) is 19.1. The number of nitrogens with zero attached hydrogens (tertiary/aromatic N) is 1. The molecule has 0 aliphatic carbocycles. The Morgan fingerprint density at radius 1 is 1.19 bits per heavy atom. The average Bonchev–Trinajstić information content (AvgIpc) is 2.74. The molecule has 0 aromatic heterocycles. The van der Waals surface area contributed by atoms with Gasteiger partial charge in [0.15, 0.2) is 0 Å². The van der Waals surface area contributed by atoms with E-state index < -0.39 is 22.1 Å². The molecule has 8 nitrogen and oxygen atoms in total. The van der Waals surface area contributed by atoms with Crippen LogP contribution in [0.5, 0.6) is 5.75 Å². The second-order valence-electron chi connectivity index (χ2n) is 8.24. The van der Waals surface area contributed by atoms with Crippen molar-refractivity contribution in [2.24, 2.45) is 5.92 Å². The standard InChI is InChI=1S/C22H36N2O6S/c1-2-3-16-31(28,29)30-24(15-5-4-6-18-11-13-23-14-12-18)21(22(26)27)17-19-7-9-20(25)10-8-19/h7-10,18,21,23,25H,2-6,11-17H2,1H3,(H,26,27)/t21-/m0/s1. The topological polar surface area (TPSA) is 116 Å². The van der Waals surface area contributed by atoms with Crippen LogP contribution in [0, 0.1) is 5.92 Å². The van der Waals surface area contributed by atoms with Gasteiger partial charge in [0.05, 0.1) is 5.75 Å². The van der Waals surface area contributed by atoms with Crippen LogP contribution < -0.4 is 5.32 Å². The van der Waals surface area contributed by atoms with Crippen molar-refractivity contribution >= 4 is 16.1 Å². The lowest BCUT2D eigenvalue weighted by Gasteiger charge is -2.28. The molecule has 0 unspecified atom stereocenters. The molecule has 1 aliphatic heterocycles. The normalized spacial score (nSPS) is 16.5. The highest BCUT2D eigenvalue weighted by Crippen LogP contribution is 2.21. The minimum atomic E-state index is -3.86. The summed E-state index contributed by atoms with van der Waals surface area (Å²) < 4.78 is 30.1. The molecule has 1 aromatic carbocycles. The van der Waals surface area contributed by atoms with E-state index in [1.807, 2.05) is 6.92 Å². The molecule has 1 atom stereocenters. The van der Waals surface area contributed by atoms with Crippen molar-refractivity contribution in [3.63, 3.8) is 0 Å². The average molecular weight is 457 g/mol. The minimum absolute atomic E-state index is 0.0766. The molecule has 1 aromatic rings. The smallest absolute Gasteiger partial charge is 0.323 e. The molecule has 0 amide bonds. The summed E-state index contributed by atoms with van der Waals surface area (Å²) in [6, 6.07) is 5.09. The van der Waals surface area contributed by atoms with Gasteiger partial charge in [-0.3, -0.25) is 4.79 Å². The lowest BCUT2D eigenvalue weighted by molar-refractivity contribution is -0.159. The number of carboxylic acid groups (broad SMARTS) is 1. The molecule has 176 valence electrons. The number of unbranched alkanes of at least 4 members (excludes halogenated alkanes) is 2. The van der Waals surface area contributed by atoms with Gasteiger partial charge in [0.25, 0.3) is 10.1 Å². The Hall–Kier alpha value is -1.68. The number of benzene rings is 1. The van der Waals surface area contributed by atoms with Crippen LogP contribution in [-0.2, 0) is 25.6 Å². The van der Waals surface area contributed by atoms with Gasteiger partial charge in [0.1, 0.15) is 11.8 Å². The summed E-state index contributed by atoms with van der Waals surface area (Å²) in [5.41, 5.74) is 0.680. The van der Waals surface area contributed by atoms with E-state index in [1.54, 1.807) is 12.1 Å². The fourth-order valence-corrected chi connectivity index (χ4v) is 4.97. The van der Waals surface area contributed by atoms with E-state index in [9.17, 15) is 23.4 Å². The summed E-state index contributed by atoms with van der Waals surface area (Å²) >= 11 is 0. The van der Waals surface area contributed by atoms with Crippen LogP contribution in [-0.4, -0.2) is 61.1 Å². The first-order chi connectivity index (χ1) is 14.8. The van der Waals surface area contributed by atoms with Crippen LogP contribution in [0.2, 0.25) is 0 Å². The number of hydroxylamine groups is 2. The molecule has 3 N–H and O–H groups in total. The van der Waals surface area contributed by atoms with Crippen molar-refractivity contribution in [3.8, 4) is 5.75 Å². The first-order valence-corrected chi connectivity index (χ1v) is 12.8. The number of aromatic hydroxyl groups is 1. The third kappa shape index (κ3) is 9.55. The predicted molar refractivity (Wildman–Crippen MR) is 119 cm³/mol. The van der Waals surface area contributed by atoms with Crippen molar-refractivity contribution in [2.75, 3.05) is 25.4 Å². The van der Waals surface area contributed by atoms with E-state index in [-0.39, 0.29) is 24.5 Å². The predicted octanol–water partition coefficient (Wildman–Crippen LogP) is 2.92. The molecule has 1 fully saturated rings. The number of hydrogen-bond acceptors (Lipinski definition) is 7. The van der Waals surface area contributed by atoms with Crippen LogP contribution >= 0.6 is 0 Å². The molecule has 0 radical (unpaired) electrons. The second-order valence-corrected chi connectivity index (χ2v) is 9.92. The molecule has 0 spiro atoms. The molecular formula is C22H36N2O6S. The maximum atomic E-state index is 12.4. The second kappa shape index (κ2) is 13.0. The first-order valence-electron chi connectivity index (χ1n) is 11.2. The number of carboxylic acids is 1. The van der Waals surface area contributed by atoms with E-state index in [4.69, 9.17) is 4.28 Å². The highest BCUT2D eigenvalue weighted by molar-refractivity contribution is 7.86. The maximum absolute atomic E-state index is 12.4. The molecule has 9 heteroatoms. The fourth-order valence-electron chi connectivity index (χ4n) is 3.79. The van der Waals surface area contributed by atoms with E-state index >= 15 is 0 Å². The summed E-state index contributed by atoms with van der Waals surface area (Å²) in [6.07, 6.45) is 6.13. The van der Waals surface area contributed by atoms with E-state index in [0.717, 1.165) is 43.8 Å². The van der Waals surface area contributed by atoms with Gasteiger partial charge in [-0.2, -0.15) is 17.8 Å². The Labute approximate surface area is 185 Å². The number of nitrogens with one attached hydrogen (secondary N) is 1. The van der Waals surface area contributed by atoms with Crippen molar-refractivity contribution in [1.29, 1.82) is 0 Å². The Morgan fingerprint density at radius 2 is 1.87 bits per heavy atom. The van der Waals surface area contributed by atoms with Crippen LogP contribution in [0.15, 0.2) is 24.3 Å². The summed E-state index contributed by atoms with van der Waals surface area (Å²) in [5.74, 6) is -0.530. The lowest BCUT2D eigenvalue weighted by atomic mass is 9.92. The zero-order valence-electron chi connectivity index (χ0n) is 18.3. The van der Waals surface area contributed by atoms with Gasteiger partial charge in [0.2, 0.25) is 0 Å². The van der Waals surface area contributed by atoms with Crippen LogP contribution in [0.25, 0.3) is 0 Å². The monoisotopic (exact) mass is 456 g/mol. The number of piperidine rings is 1. The third-order valence-electron chi connectivity index (χ3n) is 5.65. The number of carbonyl (C=O) groups is 1. The van der Waals surface area contributed by atoms with Gasteiger partial charge in [-0.25, -0.2) is 0 Å². The third-order valence-corrected chi connectivity index (χ3v) is 6.86. The van der Waals surface area contributed by atoms with Crippen LogP contribution in [0.4, 0.5) is 0 Å². The van der Waals surface area contributed by atoms with Crippen molar-refractivity contribution < 1.29 is 27.7 Å². The zero-order chi connectivity index (χ0) is 22.7. The van der Waals surface area contributed by atoms with Gasteiger partial charge in [0, 0.05) is 13.0 Å². The molecule has 1 saturated heterocycles. The molecule has 2 rings (SSSR count). The SMILES string of the molecule is CCCCS(=O)(=O)ON(CCCCC1CCNCC1)[C@@H](Cc1ccc(O)cc1)C(=O)O. The van der Waals surface area contributed by atoms with Gasteiger partial charge in [-0.05, 0) is 62.4 Å². The molecular weight excluding hydrogens is 420 g/mol. The van der Waals surface area contributed by atoms with E-state index in [1.165, 1.54) is 12.1 Å². The highest BCUT2D eigenvalue weighted by Gasteiger charge is 2.30. The maximum Gasteiger partial charge on any atom is 0.323 e. The summed E-state index contributed by atoms with van der Waals surface area (Å²) in [6.45, 7) is 4.18. The minimum Gasteiger partial charge on any atom is -0.508 e. The van der Waals surface area contributed by atoms with Crippen molar-refractivity contribution in [3.05, 3.63) is 29.8 Å². The van der Waals surface area contributed by atoms with E-state index in [2.05, 4.69) is 5.32 Å². The van der Waals surface area contributed by atoms with Gasteiger partial charge in [-0.15, -0.1) is 0 Å². The lowest BCUT2D eigenvalue weighted by Crippen LogP contribution is -2.44. The molecule has 31 heavy (non-hydrogen) atoms. The van der Waals surface area contributed by atoms with Crippen LogP contribution in [0.3, 0.4) is 0 Å². The molecule has 0 saturated carbocycles. The number of rotatable bonds is 14. The van der Waals surface area contributed by atoms with Gasteiger partial charge < -0.3 is 15.5 Å². The quantitative estimate of drug-likeness (QED) is 0.289. The molecule has 1 aliphatic rings. The Bertz CT molecular complexity index is 763. The Kier molecular flexibility index (Phi) is 10.7. The number of phenols is 1. The summed E-state index contributed by atoms with van der Waals surface area (Å²) in [5, 5.41) is 23.8. The summed E-state index contributed by atoms with van der Waals surface area (Å²) in [4.78, 5) is 12.0. The van der Waals surface area contributed by atoms with Crippen molar-refractivity contribution in [1.82, 2.24) is 10.4 Å². The molecule has 0 bridgehead atoms. The van der Waals surface area contributed by atoms with Crippen molar-refractivity contribution in [2.45, 2.75) is 64.3 Å². The Morgan fingerprint density at radius 3 is 2.48 bits per heavy atom. The largest absolute Gasteiger partial charge is 0.508 e. The highest BCUT2D eigenvalue weighted by atomic mass is 32.2. The van der Waals surface area contributed by atoms with Crippen LogP contribution in [0.1, 0.15) is 57.4 Å². The fraction of sp³-hybridized carbons (Fsp3) is 0.682. The van der Waals surface area contributed by atoms with Gasteiger partial charge in [-0.1, -0.05) is 38.3 Å². The first kappa shape index (κ1) is 25.6.